The Kier molecular flexibility index (Phi) is 7.21. The van der Waals surface area contributed by atoms with Gasteiger partial charge in [-0.05, 0) is 37.0 Å². The normalized spacial score (nSPS) is 11.5. The standard InChI is InChI=1S/C21H25NO4/c1-15-9-10-19(16(2)11-15)25-14-21(24)26-13-20(23)22-12-17(3)18-7-5-4-6-8-18/h4-11,17H,12-14H2,1-3H3,(H,22,23)/t17-/m1/s1. The van der Waals surface area contributed by atoms with Crippen LogP contribution in [0.5, 0.6) is 5.75 Å². The van der Waals surface area contributed by atoms with Crippen LogP contribution in [0, 0.1) is 13.8 Å². The zero-order chi connectivity index (χ0) is 18.9. The number of ether oxygens (including phenoxy) is 2. The summed E-state index contributed by atoms with van der Waals surface area (Å²) in [5.41, 5.74) is 3.22. The van der Waals surface area contributed by atoms with Crippen LogP contribution in [0.25, 0.3) is 0 Å². The molecule has 0 unspecified atom stereocenters. The van der Waals surface area contributed by atoms with Crippen molar-refractivity contribution in [2.45, 2.75) is 26.7 Å². The maximum Gasteiger partial charge on any atom is 0.344 e. The van der Waals surface area contributed by atoms with Gasteiger partial charge in [0.15, 0.2) is 13.2 Å². The van der Waals surface area contributed by atoms with E-state index in [2.05, 4.69) is 5.32 Å². The molecule has 0 radical (unpaired) electrons. The number of hydrogen-bond donors (Lipinski definition) is 1. The predicted octanol–water partition coefficient (Wildman–Crippen LogP) is 3.15. The average Bonchev–Trinajstić information content (AvgIpc) is 2.64. The maximum absolute atomic E-state index is 11.8. The molecule has 2 aromatic rings. The average molecular weight is 355 g/mol. The van der Waals surface area contributed by atoms with Gasteiger partial charge < -0.3 is 14.8 Å². The Morgan fingerprint density at radius 1 is 1.04 bits per heavy atom. The number of carbonyl (C=O) groups is 2. The van der Waals surface area contributed by atoms with Crippen molar-refractivity contribution in [3.63, 3.8) is 0 Å². The Hall–Kier alpha value is -2.82. The molecule has 0 heterocycles. The largest absolute Gasteiger partial charge is 0.482 e. The van der Waals surface area contributed by atoms with Gasteiger partial charge in [0.1, 0.15) is 5.75 Å². The fraction of sp³-hybridized carbons (Fsp3) is 0.333. The van der Waals surface area contributed by atoms with Crippen LogP contribution in [-0.4, -0.2) is 31.6 Å². The fourth-order valence-electron chi connectivity index (χ4n) is 2.50. The number of carbonyl (C=O) groups excluding carboxylic acids is 2. The second kappa shape index (κ2) is 9.61. The summed E-state index contributed by atoms with van der Waals surface area (Å²) >= 11 is 0. The molecule has 5 nitrogen and oxygen atoms in total. The second-order valence-electron chi connectivity index (χ2n) is 6.33. The van der Waals surface area contributed by atoms with Crippen molar-refractivity contribution in [3.8, 4) is 5.75 Å². The molecule has 1 atom stereocenters. The first-order valence-electron chi connectivity index (χ1n) is 8.63. The third kappa shape index (κ3) is 6.24. The first kappa shape index (κ1) is 19.5. The zero-order valence-corrected chi connectivity index (χ0v) is 15.5. The summed E-state index contributed by atoms with van der Waals surface area (Å²) in [4.78, 5) is 23.6. The number of aryl methyl sites for hydroxylation is 2. The lowest BCUT2D eigenvalue weighted by Crippen LogP contribution is -2.32. The van der Waals surface area contributed by atoms with Crippen LogP contribution in [-0.2, 0) is 14.3 Å². The summed E-state index contributed by atoms with van der Waals surface area (Å²) < 4.78 is 10.4. The minimum atomic E-state index is -0.573. The van der Waals surface area contributed by atoms with E-state index >= 15 is 0 Å². The van der Waals surface area contributed by atoms with Crippen molar-refractivity contribution >= 4 is 11.9 Å². The van der Waals surface area contributed by atoms with Gasteiger partial charge in [0.25, 0.3) is 5.91 Å². The summed E-state index contributed by atoms with van der Waals surface area (Å²) in [6, 6.07) is 15.6. The van der Waals surface area contributed by atoms with Gasteiger partial charge in [0, 0.05) is 6.54 Å². The van der Waals surface area contributed by atoms with E-state index < -0.39 is 5.97 Å². The number of rotatable bonds is 8. The van der Waals surface area contributed by atoms with Gasteiger partial charge in [-0.25, -0.2) is 4.79 Å². The predicted molar refractivity (Wildman–Crippen MR) is 100 cm³/mol. The van der Waals surface area contributed by atoms with Crippen molar-refractivity contribution in [2.75, 3.05) is 19.8 Å². The number of nitrogens with one attached hydrogen (secondary N) is 1. The number of hydrogen-bond acceptors (Lipinski definition) is 4. The zero-order valence-electron chi connectivity index (χ0n) is 15.5. The van der Waals surface area contributed by atoms with Crippen LogP contribution in [0.2, 0.25) is 0 Å². The van der Waals surface area contributed by atoms with Gasteiger partial charge in [-0.2, -0.15) is 0 Å². The molecule has 2 aromatic carbocycles. The number of esters is 1. The van der Waals surface area contributed by atoms with E-state index in [-0.39, 0.29) is 25.0 Å². The molecular weight excluding hydrogens is 330 g/mol. The summed E-state index contributed by atoms with van der Waals surface area (Å²) in [7, 11) is 0. The highest BCUT2D eigenvalue weighted by Crippen LogP contribution is 2.18. The molecule has 0 fully saturated rings. The molecular formula is C21H25NO4. The smallest absolute Gasteiger partial charge is 0.344 e. The molecule has 0 bridgehead atoms. The van der Waals surface area contributed by atoms with Crippen LogP contribution in [0.1, 0.15) is 29.5 Å². The second-order valence-corrected chi connectivity index (χ2v) is 6.33. The minimum absolute atomic E-state index is 0.184. The molecule has 1 amide bonds. The van der Waals surface area contributed by atoms with Gasteiger partial charge in [-0.15, -0.1) is 0 Å². The Morgan fingerprint density at radius 2 is 1.77 bits per heavy atom. The highest BCUT2D eigenvalue weighted by molar-refractivity contribution is 5.80. The van der Waals surface area contributed by atoms with E-state index in [4.69, 9.17) is 9.47 Å². The van der Waals surface area contributed by atoms with E-state index in [1.54, 1.807) is 0 Å². The Morgan fingerprint density at radius 3 is 2.46 bits per heavy atom. The van der Waals surface area contributed by atoms with E-state index in [0.29, 0.717) is 12.3 Å². The minimum Gasteiger partial charge on any atom is -0.482 e. The third-order valence-corrected chi connectivity index (χ3v) is 4.01. The Balaban J connectivity index is 1.67. The van der Waals surface area contributed by atoms with Crippen LogP contribution in [0.3, 0.4) is 0 Å². The van der Waals surface area contributed by atoms with Gasteiger partial charge >= 0.3 is 5.97 Å². The molecule has 0 aliphatic carbocycles. The summed E-state index contributed by atoms with van der Waals surface area (Å²) in [6.07, 6.45) is 0. The Labute approximate surface area is 154 Å². The molecule has 0 saturated carbocycles. The molecule has 0 aliphatic rings. The van der Waals surface area contributed by atoms with Gasteiger partial charge in [-0.3, -0.25) is 4.79 Å². The van der Waals surface area contributed by atoms with E-state index in [1.807, 2.05) is 69.3 Å². The van der Waals surface area contributed by atoms with Crippen molar-refractivity contribution in [1.29, 1.82) is 0 Å². The van der Waals surface area contributed by atoms with Crippen molar-refractivity contribution in [3.05, 3.63) is 65.2 Å². The summed E-state index contributed by atoms with van der Waals surface area (Å²) in [6.45, 7) is 5.88. The Bertz CT molecular complexity index is 743. The lowest BCUT2D eigenvalue weighted by Gasteiger charge is -2.13. The first-order valence-corrected chi connectivity index (χ1v) is 8.63. The maximum atomic E-state index is 11.8. The van der Waals surface area contributed by atoms with Crippen LogP contribution < -0.4 is 10.1 Å². The van der Waals surface area contributed by atoms with Crippen LogP contribution in [0.15, 0.2) is 48.5 Å². The van der Waals surface area contributed by atoms with E-state index in [0.717, 1.165) is 16.7 Å². The SMILES string of the molecule is Cc1ccc(OCC(=O)OCC(=O)NC[C@@H](C)c2ccccc2)c(C)c1. The first-order chi connectivity index (χ1) is 12.5. The highest BCUT2D eigenvalue weighted by Gasteiger charge is 2.11. The number of benzene rings is 2. The van der Waals surface area contributed by atoms with Crippen LogP contribution in [0.4, 0.5) is 0 Å². The third-order valence-electron chi connectivity index (χ3n) is 4.01. The van der Waals surface area contributed by atoms with E-state index in [9.17, 15) is 9.59 Å². The van der Waals surface area contributed by atoms with Crippen molar-refractivity contribution < 1.29 is 19.1 Å². The topological polar surface area (TPSA) is 64.6 Å². The number of amides is 1. The molecule has 2 rings (SSSR count). The lowest BCUT2D eigenvalue weighted by molar-refractivity contribution is -0.150. The highest BCUT2D eigenvalue weighted by atomic mass is 16.6. The molecule has 0 saturated heterocycles. The quantitative estimate of drug-likeness (QED) is 0.739. The summed E-state index contributed by atoms with van der Waals surface area (Å²) in [5, 5.41) is 2.77. The van der Waals surface area contributed by atoms with Gasteiger partial charge in [-0.1, -0.05) is 55.0 Å². The molecule has 0 spiro atoms. The molecule has 138 valence electrons. The van der Waals surface area contributed by atoms with E-state index in [1.165, 1.54) is 0 Å². The van der Waals surface area contributed by atoms with Crippen molar-refractivity contribution in [1.82, 2.24) is 5.32 Å². The lowest BCUT2D eigenvalue weighted by atomic mass is 10.0. The fourth-order valence-corrected chi connectivity index (χ4v) is 2.50. The molecule has 0 aromatic heterocycles. The molecule has 5 heteroatoms. The monoisotopic (exact) mass is 355 g/mol. The van der Waals surface area contributed by atoms with Crippen LogP contribution >= 0.6 is 0 Å². The molecule has 0 aliphatic heterocycles. The van der Waals surface area contributed by atoms with Gasteiger partial charge in [0.2, 0.25) is 0 Å². The summed E-state index contributed by atoms with van der Waals surface area (Å²) in [5.74, 6) is -0.0822. The molecule has 26 heavy (non-hydrogen) atoms. The molecule has 1 N–H and O–H groups in total. The van der Waals surface area contributed by atoms with Gasteiger partial charge in [0.05, 0.1) is 0 Å². The van der Waals surface area contributed by atoms with Crippen molar-refractivity contribution in [2.24, 2.45) is 0 Å².